The average Bonchev–Trinajstić information content (AvgIpc) is 3.23. The number of fused-ring (bicyclic) bond motifs is 1. The van der Waals surface area contributed by atoms with Crippen LogP contribution >= 0.6 is 11.6 Å². The Morgan fingerprint density at radius 2 is 2.18 bits per heavy atom. The quantitative estimate of drug-likeness (QED) is 0.475. The lowest BCUT2D eigenvalue weighted by molar-refractivity contribution is -0.108. The Bertz CT molecular complexity index is 877. The van der Waals surface area contributed by atoms with E-state index in [9.17, 15) is 15.3 Å². The summed E-state index contributed by atoms with van der Waals surface area (Å²) in [7, 11) is 0. The fourth-order valence-corrected chi connectivity index (χ4v) is 3.46. The molecular formula is C17H20ClN5O5. The Kier molecular flexibility index (Phi) is 5.23. The van der Waals surface area contributed by atoms with E-state index in [1.807, 2.05) is 12.1 Å². The van der Waals surface area contributed by atoms with Crippen molar-refractivity contribution in [1.82, 2.24) is 14.6 Å². The van der Waals surface area contributed by atoms with Crippen LogP contribution in [0.25, 0.3) is 0 Å². The summed E-state index contributed by atoms with van der Waals surface area (Å²) in [6.45, 7) is -0.0116. The summed E-state index contributed by atoms with van der Waals surface area (Å²) in [5, 5.41) is 42.8. The molecule has 2 aromatic rings. The molecule has 1 aromatic heterocycles. The summed E-state index contributed by atoms with van der Waals surface area (Å²) >= 11 is 5.97. The lowest BCUT2D eigenvalue weighted by Gasteiger charge is -2.30. The predicted molar refractivity (Wildman–Crippen MR) is 98.6 cm³/mol. The highest BCUT2D eigenvalue weighted by Crippen LogP contribution is 2.34. The van der Waals surface area contributed by atoms with Crippen molar-refractivity contribution in [3.63, 3.8) is 0 Å². The second kappa shape index (κ2) is 7.66. The first kappa shape index (κ1) is 19.1. The van der Waals surface area contributed by atoms with Gasteiger partial charge in [0.15, 0.2) is 12.1 Å². The fraction of sp³-hybridized carbons (Fsp3) is 0.412. The second-order valence-corrected chi connectivity index (χ2v) is 6.98. The minimum absolute atomic E-state index is 0.0428. The van der Waals surface area contributed by atoms with E-state index in [0.717, 1.165) is 5.56 Å². The minimum atomic E-state index is -1.23. The van der Waals surface area contributed by atoms with Crippen LogP contribution in [0.3, 0.4) is 0 Å². The Morgan fingerprint density at radius 3 is 2.89 bits per heavy atom. The summed E-state index contributed by atoms with van der Waals surface area (Å²) in [6.07, 6.45) is -2.86. The summed E-state index contributed by atoms with van der Waals surface area (Å²) < 4.78 is 7.03. The molecule has 5 N–H and O–H groups in total. The van der Waals surface area contributed by atoms with E-state index in [1.54, 1.807) is 12.1 Å². The highest BCUT2D eigenvalue weighted by Gasteiger charge is 2.44. The third-order valence-corrected chi connectivity index (χ3v) is 4.96. The normalized spacial score (nSPS) is 27.0. The number of rotatable bonds is 5. The third-order valence-electron chi connectivity index (χ3n) is 4.72. The maximum atomic E-state index is 10.2. The molecule has 2 aliphatic rings. The van der Waals surface area contributed by atoms with E-state index < -0.39 is 31.1 Å². The summed E-state index contributed by atoms with van der Waals surface area (Å²) in [6, 6.07) is 7.24. The predicted octanol–water partition coefficient (Wildman–Crippen LogP) is 0.290. The number of ether oxygens (including phenoxy) is 1. The molecule has 4 rings (SSSR count). The molecule has 0 bridgehead atoms. The van der Waals surface area contributed by atoms with E-state index in [-0.39, 0.29) is 19.1 Å². The van der Waals surface area contributed by atoms with Crippen molar-refractivity contribution in [3.8, 4) is 0 Å². The van der Waals surface area contributed by atoms with Gasteiger partial charge < -0.3 is 25.4 Å². The standard InChI is InChI=1S/C17H20ClN5O5/c18-10-3-1-2-9(4-10)6-27-23-8-21-16-12(15(23)19)20-7-22(16)17-14(26)13(25)11(5-24)28-17/h1-4,7,11,13-14,17,19,21,24-26H,5-6,8H2/t11-,13-,14-,17-/m1/s1. The maximum Gasteiger partial charge on any atom is 0.176 e. The number of nitrogens with zero attached hydrogens (tertiary/aromatic N) is 3. The van der Waals surface area contributed by atoms with E-state index in [0.29, 0.717) is 16.5 Å². The zero-order valence-corrected chi connectivity index (χ0v) is 15.5. The van der Waals surface area contributed by atoms with Gasteiger partial charge in [0.25, 0.3) is 0 Å². The highest BCUT2D eigenvalue weighted by atomic mass is 35.5. The minimum Gasteiger partial charge on any atom is -0.394 e. The number of halogens is 1. The molecule has 10 nitrogen and oxygen atoms in total. The molecule has 150 valence electrons. The van der Waals surface area contributed by atoms with Crippen molar-refractivity contribution in [2.75, 3.05) is 18.6 Å². The topological polar surface area (TPSA) is 136 Å². The molecule has 0 saturated carbocycles. The lowest BCUT2D eigenvalue weighted by Crippen LogP contribution is -2.41. The molecule has 0 unspecified atom stereocenters. The molecule has 28 heavy (non-hydrogen) atoms. The van der Waals surface area contributed by atoms with Gasteiger partial charge in [0, 0.05) is 5.02 Å². The molecule has 11 heteroatoms. The Balaban J connectivity index is 1.48. The number of amidine groups is 1. The van der Waals surface area contributed by atoms with Crippen molar-refractivity contribution in [2.24, 2.45) is 0 Å². The first-order valence-corrected chi connectivity index (χ1v) is 9.04. The van der Waals surface area contributed by atoms with Gasteiger partial charge in [-0.15, -0.1) is 0 Å². The number of hydrogen-bond acceptors (Lipinski definition) is 8. The van der Waals surface area contributed by atoms with Crippen molar-refractivity contribution in [1.29, 1.82) is 5.41 Å². The van der Waals surface area contributed by atoms with Crippen LogP contribution in [0, 0.1) is 5.41 Å². The van der Waals surface area contributed by atoms with Gasteiger partial charge in [0.05, 0.1) is 12.9 Å². The number of anilines is 1. The SMILES string of the molecule is N=C1c2ncn([C@@H]3O[C@H](CO)[C@@H](O)[C@H]3O)c2NCN1OCc1cccc(Cl)c1. The summed E-state index contributed by atoms with van der Waals surface area (Å²) in [5.41, 5.74) is 1.18. The molecular weight excluding hydrogens is 390 g/mol. The zero-order chi connectivity index (χ0) is 19.8. The van der Waals surface area contributed by atoms with Gasteiger partial charge in [0.1, 0.15) is 43.1 Å². The van der Waals surface area contributed by atoms with Gasteiger partial charge in [-0.2, -0.15) is 0 Å². The number of nitrogens with one attached hydrogen (secondary N) is 2. The smallest absolute Gasteiger partial charge is 0.176 e. The van der Waals surface area contributed by atoms with Gasteiger partial charge in [-0.3, -0.25) is 14.8 Å². The highest BCUT2D eigenvalue weighted by molar-refractivity contribution is 6.30. The second-order valence-electron chi connectivity index (χ2n) is 6.54. The lowest BCUT2D eigenvalue weighted by atomic mass is 10.1. The monoisotopic (exact) mass is 409 g/mol. The van der Waals surface area contributed by atoms with Crippen LogP contribution < -0.4 is 5.32 Å². The van der Waals surface area contributed by atoms with Gasteiger partial charge >= 0.3 is 0 Å². The fourth-order valence-electron chi connectivity index (χ4n) is 3.25. The molecule has 0 spiro atoms. The Morgan fingerprint density at radius 1 is 1.36 bits per heavy atom. The number of aromatic nitrogens is 2. The molecule has 4 atom stereocenters. The van der Waals surface area contributed by atoms with Gasteiger partial charge in [-0.05, 0) is 17.7 Å². The van der Waals surface area contributed by atoms with Gasteiger partial charge in [-0.1, -0.05) is 23.7 Å². The van der Waals surface area contributed by atoms with E-state index in [2.05, 4.69) is 10.3 Å². The summed E-state index contributed by atoms with van der Waals surface area (Å²) in [5.74, 6) is 0.503. The van der Waals surface area contributed by atoms with Crippen molar-refractivity contribution in [3.05, 3.63) is 46.9 Å². The van der Waals surface area contributed by atoms with E-state index in [1.165, 1.54) is 16.0 Å². The molecule has 1 saturated heterocycles. The first-order chi connectivity index (χ1) is 13.5. The molecule has 0 amide bonds. The number of imidazole rings is 1. The molecule has 0 radical (unpaired) electrons. The van der Waals surface area contributed by atoms with E-state index in [4.69, 9.17) is 26.6 Å². The van der Waals surface area contributed by atoms with Crippen LogP contribution in [0.4, 0.5) is 5.82 Å². The van der Waals surface area contributed by atoms with Crippen molar-refractivity contribution >= 4 is 23.3 Å². The largest absolute Gasteiger partial charge is 0.394 e. The Labute approximate surface area is 165 Å². The van der Waals surface area contributed by atoms with Crippen molar-refractivity contribution < 1.29 is 24.9 Å². The zero-order valence-electron chi connectivity index (χ0n) is 14.7. The summed E-state index contributed by atoms with van der Waals surface area (Å²) in [4.78, 5) is 9.90. The molecule has 1 fully saturated rings. The van der Waals surface area contributed by atoms with Crippen LogP contribution in [-0.4, -0.2) is 67.4 Å². The molecule has 0 aliphatic carbocycles. The number of hydroxylamine groups is 2. The molecule has 1 aromatic carbocycles. The average molecular weight is 410 g/mol. The van der Waals surface area contributed by atoms with Crippen LogP contribution in [0.5, 0.6) is 0 Å². The van der Waals surface area contributed by atoms with Crippen molar-refractivity contribution in [2.45, 2.75) is 31.1 Å². The van der Waals surface area contributed by atoms with Crippen LogP contribution in [-0.2, 0) is 16.2 Å². The van der Waals surface area contributed by atoms with Crippen LogP contribution in [0.2, 0.25) is 5.02 Å². The Hall–Kier alpha value is -2.21. The number of hydrogen-bond donors (Lipinski definition) is 5. The number of aliphatic hydroxyl groups is 3. The van der Waals surface area contributed by atoms with Gasteiger partial charge in [-0.25, -0.2) is 10.0 Å². The van der Waals surface area contributed by atoms with E-state index >= 15 is 0 Å². The first-order valence-electron chi connectivity index (χ1n) is 8.66. The van der Waals surface area contributed by atoms with Gasteiger partial charge in [0.2, 0.25) is 0 Å². The molecule has 2 aliphatic heterocycles. The number of aliphatic hydroxyl groups excluding tert-OH is 3. The van der Waals surface area contributed by atoms with Crippen LogP contribution in [0.15, 0.2) is 30.6 Å². The molecule has 3 heterocycles. The maximum absolute atomic E-state index is 10.2. The number of benzene rings is 1. The third kappa shape index (κ3) is 3.34. The van der Waals surface area contributed by atoms with Crippen LogP contribution in [0.1, 0.15) is 17.5 Å².